The van der Waals surface area contributed by atoms with Gasteiger partial charge in [0.15, 0.2) is 11.6 Å². The Morgan fingerprint density at radius 3 is 2.45 bits per heavy atom. The van der Waals surface area contributed by atoms with Gasteiger partial charge in [0.25, 0.3) is 0 Å². The van der Waals surface area contributed by atoms with Crippen molar-refractivity contribution in [1.29, 1.82) is 0 Å². The molecule has 0 unspecified atom stereocenters. The number of aliphatic hydroxyl groups is 1. The van der Waals surface area contributed by atoms with Gasteiger partial charge in [0.1, 0.15) is 6.10 Å². The smallest absolute Gasteiger partial charge is 0.164 e. The van der Waals surface area contributed by atoms with Gasteiger partial charge in [-0.05, 0) is 52.0 Å². The number of fused-ring (bicyclic) bond motifs is 3. The summed E-state index contributed by atoms with van der Waals surface area (Å²) in [7, 11) is 0. The number of carbonyl (C=O) groups excluding carboxylic acids is 1. The number of Topliss-reactive ketones (excluding diaryl/α,β-unsaturated/α-hetero) is 1. The van der Waals surface area contributed by atoms with Crippen molar-refractivity contribution >= 4 is 5.78 Å². The molecule has 22 heavy (non-hydrogen) atoms. The summed E-state index contributed by atoms with van der Waals surface area (Å²) in [6.07, 6.45) is 0.919. The third kappa shape index (κ3) is 2.04. The summed E-state index contributed by atoms with van der Waals surface area (Å²) in [4.78, 5) is 12.4. The molecule has 4 heteroatoms. The Morgan fingerprint density at radius 1 is 1.23 bits per heavy atom. The van der Waals surface area contributed by atoms with Crippen LogP contribution in [0, 0.1) is 17.3 Å². The van der Waals surface area contributed by atoms with E-state index < -0.39 is 17.3 Å². The maximum atomic E-state index is 12.4. The Hall–Kier alpha value is -0.710. The van der Waals surface area contributed by atoms with Gasteiger partial charge < -0.3 is 14.6 Å². The van der Waals surface area contributed by atoms with Gasteiger partial charge in [-0.25, -0.2) is 0 Å². The zero-order valence-corrected chi connectivity index (χ0v) is 14.5. The van der Waals surface area contributed by atoms with Crippen LogP contribution in [0.1, 0.15) is 54.4 Å². The summed E-state index contributed by atoms with van der Waals surface area (Å²) in [5.41, 5.74) is 1.16. The molecule has 3 aliphatic rings. The monoisotopic (exact) mass is 308 g/mol. The minimum absolute atomic E-state index is 0.0462. The molecule has 2 fully saturated rings. The number of aliphatic hydroxyl groups excluding tert-OH is 1. The minimum Gasteiger partial charge on any atom is -0.392 e. The average Bonchev–Trinajstić information content (AvgIpc) is 2.69. The van der Waals surface area contributed by atoms with Crippen molar-refractivity contribution in [2.24, 2.45) is 17.3 Å². The van der Waals surface area contributed by atoms with Crippen molar-refractivity contribution in [3.8, 4) is 0 Å². The van der Waals surface area contributed by atoms with Gasteiger partial charge in [0, 0.05) is 16.9 Å². The average molecular weight is 308 g/mol. The predicted octanol–water partition coefficient (Wildman–Crippen LogP) is 2.84. The van der Waals surface area contributed by atoms with Crippen LogP contribution in [0.15, 0.2) is 11.1 Å². The summed E-state index contributed by atoms with van der Waals surface area (Å²) in [5, 5.41) is 10.8. The SMILES string of the molecule is CC(=O)C1=C(C)[C@H]2OC(C)(C)O[C@H]2[C@H]2[C@H](C)CC[C@H](O)[C@]12C. The summed E-state index contributed by atoms with van der Waals surface area (Å²) >= 11 is 0. The van der Waals surface area contributed by atoms with Crippen LogP contribution in [0.5, 0.6) is 0 Å². The Bertz CT molecular complexity index is 535. The van der Waals surface area contributed by atoms with Crippen molar-refractivity contribution in [3.63, 3.8) is 0 Å². The topological polar surface area (TPSA) is 55.8 Å². The standard InChI is InChI=1S/C18H28O4/c1-9-7-8-12(20)18(6)13(9)16-15(21-17(4,5)22-16)10(2)14(18)11(3)19/h9,12-13,15-16,20H,7-8H2,1-6H3/t9-,12+,13-,15-,16+,18+/m1/s1. The first-order valence-electron chi connectivity index (χ1n) is 8.35. The number of hydrogen-bond donors (Lipinski definition) is 1. The fourth-order valence-electron chi connectivity index (χ4n) is 5.32. The highest BCUT2D eigenvalue weighted by atomic mass is 16.8. The lowest BCUT2D eigenvalue weighted by Crippen LogP contribution is -2.58. The van der Waals surface area contributed by atoms with E-state index in [0.717, 1.165) is 24.0 Å². The minimum atomic E-state index is -0.647. The molecule has 0 aromatic rings. The number of hydrogen-bond acceptors (Lipinski definition) is 4. The van der Waals surface area contributed by atoms with Crippen molar-refractivity contribution < 1.29 is 19.4 Å². The number of carbonyl (C=O) groups is 1. The summed E-state index contributed by atoms with van der Waals surface area (Å²) < 4.78 is 12.3. The Morgan fingerprint density at radius 2 is 1.86 bits per heavy atom. The molecule has 0 amide bonds. The highest BCUT2D eigenvalue weighted by molar-refractivity contribution is 5.96. The van der Waals surface area contributed by atoms with Crippen LogP contribution in [-0.2, 0) is 14.3 Å². The van der Waals surface area contributed by atoms with E-state index in [2.05, 4.69) is 6.92 Å². The maximum Gasteiger partial charge on any atom is 0.164 e. The lowest BCUT2D eigenvalue weighted by Gasteiger charge is -2.55. The zero-order valence-electron chi connectivity index (χ0n) is 14.5. The molecule has 1 heterocycles. The summed E-state index contributed by atoms with van der Waals surface area (Å²) in [5.74, 6) is -0.109. The molecule has 6 atom stereocenters. The van der Waals surface area contributed by atoms with Crippen LogP contribution < -0.4 is 0 Å². The second-order valence-electron chi connectivity index (χ2n) is 8.01. The highest BCUT2D eigenvalue weighted by Crippen LogP contribution is 2.58. The van der Waals surface area contributed by atoms with Crippen molar-refractivity contribution in [1.82, 2.24) is 0 Å². The third-order valence-electron chi connectivity index (χ3n) is 6.09. The van der Waals surface area contributed by atoms with Crippen LogP contribution in [0.3, 0.4) is 0 Å². The van der Waals surface area contributed by atoms with Crippen molar-refractivity contribution in [3.05, 3.63) is 11.1 Å². The van der Waals surface area contributed by atoms with Crippen LogP contribution >= 0.6 is 0 Å². The van der Waals surface area contributed by atoms with Gasteiger partial charge in [-0.2, -0.15) is 0 Å². The molecule has 1 saturated heterocycles. The van der Waals surface area contributed by atoms with E-state index in [0.29, 0.717) is 5.92 Å². The largest absolute Gasteiger partial charge is 0.392 e. The Kier molecular flexibility index (Phi) is 3.59. The normalized spacial score (nSPS) is 47.1. The molecule has 2 aliphatic carbocycles. The van der Waals surface area contributed by atoms with Crippen LogP contribution in [-0.4, -0.2) is 35.0 Å². The van der Waals surface area contributed by atoms with Crippen molar-refractivity contribution in [2.75, 3.05) is 0 Å². The first-order chi connectivity index (χ1) is 10.1. The number of rotatable bonds is 1. The maximum absolute atomic E-state index is 12.4. The third-order valence-corrected chi connectivity index (χ3v) is 6.09. The Balaban J connectivity index is 2.20. The first kappa shape index (κ1) is 16.2. The van der Waals surface area contributed by atoms with E-state index in [4.69, 9.17) is 9.47 Å². The van der Waals surface area contributed by atoms with Crippen LogP contribution in [0.4, 0.5) is 0 Å². The van der Waals surface area contributed by atoms with E-state index in [-0.39, 0.29) is 23.9 Å². The van der Waals surface area contributed by atoms with Gasteiger partial charge in [0.2, 0.25) is 0 Å². The highest BCUT2D eigenvalue weighted by Gasteiger charge is 2.62. The predicted molar refractivity (Wildman–Crippen MR) is 83.2 cm³/mol. The van der Waals surface area contributed by atoms with E-state index in [9.17, 15) is 9.90 Å². The second kappa shape index (κ2) is 4.89. The summed E-state index contributed by atoms with van der Waals surface area (Å²) in [6.45, 7) is 11.7. The molecule has 1 N–H and O–H groups in total. The van der Waals surface area contributed by atoms with Gasteiger partial charge >= 0.3 is 0 Å². The van der Waals surface area contributed by atoms with Crippen LogP contribution in [0.25, 0.3) is 0 Å². The van der Waals surface area contributed by atoms with E-state index in [1.54, 1.807) is 6.92 Å². The molecule has 124 valence electrons. The first-order valence-corrected chi connectivity index (χ1v) is 8.35. The van der Waals surface area contributed by atoms with Gasteiger partial charge in [-0.15, -0.1) is 0 Å². The van der Waals surface area contributed by atoms with Gasteiger partial charge in [-0.1, -0.05) is 13.8 Å². The molecule has 0 radical (unpaired) electrons. The molecule has 1 saturated carbocycles. The molecule has 1 aliphatic heterocycles. The molecule has 0 spiro atoms. The van der Waals surface area contributed by atoms with E-state index in [1.165, 1.54) is 0 Å². The molecular formula is C18H28O4. The summed E-state index contributed by atoms with van der Waals surface area (Å²) in [6, 6.07) is 0. The van der Waals surface area contributed by atoms with E-state index >= 15 is 0 Å². The van der Waals surface area contributed by atoms with E-state index in [1.807, 2.05) is 27.7 Å². The second-order valence-corrected chi connectivity index (χ2v) is 8.01. The molecule has 4 nitrogen and oxygen atoms in total. The lowest BCUT2D eigenvalue weighted by atomic mass is 9.52. The quantitative estimate of drug-likeness (QED) is 0.809. The Labute approximate surface area is 132 Å². The number of ketones is 1. The molecule has 3 rings (SSSR count). The zero-order chi connectivity index (χ0) is 16.4. The van der Waals surface area contributed by atoms with Gasteiger partial charge in [-0.3, -0.25) is 4.79 Å². The van der Waals surface area contributed by atoms with Gasteiger partial charge in [0.05, 0.1) is 12.2 Å². The number of ether oxygens (including phenoxy) is 2. The van der Waals surface area contributed by atoms with Crippen molar-refractivity contribution in [2.45, 2.75) is 78.5 Å². The van der Waals surface area contributed by atoms with Crippen LogP contribution in [0.2, 0.25) is 0 Å². The fourth-order valence-corrected chi connectivity index (χ4v) is 5.32. The molecule has 0 aromatic carbocycles. The molecule has 0 bridgehead atoms. The molecular weight excluding hydrogens is 280 g/mol. The molecule has 0 aromatic heterocycles. The lowest BCUT2D eigenvalue weighted by molar-refractivity contribution is -0.165. The fraction of sp³-hybridized carbons (Fsp3) is 0.833.